The number of nitrogens with one attached hydrogen (secondary N) is 5. The first kappa shape index (κ1) is 45.9. The number of nitrogens with zero attached hydrogens (tertiary/aromatic N) is 2. The number of carbonyl (C=O) groups excluding carboxylic acids is 5. The molecule has 5 amide bonds. The van der Waals surface area contributed by atoms with Gasteiger partial charge in [-0.2, -0.15) is 0 Å². The zero-order chi connectivity index (χ0) is 43.1. The number of imidazole rings is 1. The molecule has 4 rings (SSSR count). The number of benzene rings is 2. The van der Waals surface area contributed by atoms with E-state index in [1.54, 1.807) is 25.3 Å². The average molecular weight is 817 g/mol. The van der Waals surface area contributed by atoms with Gasteiger partial charge in [0.15, 0.2) is 0 Å². The standard InChI is InChI=1S/C43H60N8O8/c1-5-27(4)38(50-40(56)34(20-29-13-15-33(52)16-14-29)48-39(55)30(23-44)18-26(2)3)42(58)49-35(21-32-24-45-25-46-32)43(59)51-17-9-12-36(51)41(57)47-31(22-37(53)54)19-28-10-7-6-8-11-28/h6-8,10-11,13-16,24-27,30-31,34-36,38,52H,5,9,12,17-23,44H2,1-4H3,(H,45,46)(H,47,57)(H,48,55)(H,49,58)(H,50,56)(H,53,54)/t27?,30-,31+,34+,35+,36+,38+/m1/s1. The first-order chi connectivity index (χ1) is 28.2. The van der Waals surface area contributed by atoms with Crippen LogP contribution in [0.15, 0.2) is 67.1 Å². The van der Waals surface area contributed by atoms with Gasteiger partial charge in [0.25, 0.3) is 0 Å². The van der Waals surface area contributed by atoms with Crippen LogP contribution in [0.5, 0.6) is 5.75 Å². The summed E-state index contributed by atoms with van der Waals surface area (Å²) in [5.41, 5.74) is 7.94. The second-order valence-electron chi connectivity index (χ2n) is 15.9. The lowest BCUT2D eigenvalue weighted by molar-refractivity contribution is -0.142. The number of aromatic nitrogens is 2. The summed E-state index contributed by atoms with van der Waals surface area (Å²) in [5.74, 6) is -4.49. The molecule has 7 atom stereocenters. The van der Waals surface area contributed by atoms with Gasteiger partial charge in [0.1, 0.15) is 29.9 Å². The lowest BCUT2D eigenvalue weighted by Gasteiger charge is -2.32. The molecule has 2 aromatic carbocycles. The van der Waals surface area contributed by atoms with Crippen molar-refractivity contribution in [3.63, 3.8) is 0 Å². The first-order valence-electron chi connectivity index (χ1n) is 20.4. The molecule has 1 aliphatic heterocycles. The molecule has 0 spiro atoms. The molecule has 0 saturated carbocycles. The maximum atomic E-state index is 14.4. The van der Waals surface area contributed by atoms with Gasteiger partial charge in [-0.25, -0.2) is 4.98 Å². The van der Waals surface area contributed by atoms with Crippen LogP contribution in [0.1, 0.15) is 76.6 Å². The lowest BCUT2D eigenvalue weighted by atomic mass is 9.94. The molecule has 2 heterocycles. The summed E-state index contributed by atoms with van der Waals surface area (Å²) in [6, 6.07) is 10.4. The van der Waals surface area contributed by atoms with Crippen LogP contribution >= 0.6 is 0 Å². The van der Waals surface area contributed by atoms with Gasteiger partial charge in [-0.15, -0.1) is 0 Å². The molecule has 1 saturated heterocycles. The number of aromatic hydroxyl groups is 1. The number of nitrogens with two attached hydrogens (primary N) is 1. The maximum absolute atomic E-state index is 14.4. The summed E-state index contributed by atoms with van der Waals surface area (Å²) >= 11 is 0. The summed E-state index contributed by atoms with van der Waals surface area (Å²) in [6.07, 6.45) is 4.89. The molecule has 0 aliphatic carbocycles. The molecule has 9 N–H and O–H groups in total. The van der Waals surface area contributed by atoms with Crippen LogP contribution in [-0.4, -0.2) is 104 Å². The molecule has 16 nitrogen and oxygen atoms in total. The Balaban J connectivity index is 1.56. The van der Waals surface area contributed by atoms with E-state index in [-0.39, 0.29) is 50.4 Å². The third kappa shape index (κ3) is 13.9. The van der Waals surface area contributed by atoms with Gasteiger partial charge in [0.05, 0.1) is 24.4 Å². The van der Waals surface area contributed by atoms with Crippen molar-refractivity contribution < 1.29 is 39.0 Å². The summed E-state index contributed by atoms with van der Waals surface area (Å²) in [6.45, 7) is 7.91. The van der Waals surface area contributed by atoms with E-state index in [0.717, 1.165) is 5.56 Å². The van der Waals surface area contributed by atoms with Gasteiger partial charge in [-0.05, 0) is 60.8 Å². The van der Waals surface area contributed by atoms with E-state index in [0.29, 0.717) is 36.9 Å². The van der Waals surface area contributed by atoms with Gasteiger partial charge in [0.2, 0.25) is 29.5 Å². The fourth-order valence-electron chi connectivity index (χ4n) is 7.36. The van der Waals surface area contributed by atoms with E-state index in [9.17, 15) is 39.0 Å². The number of carboxylic acid groups (broad SMARTS) is 1. The van der Waals surface area contributed by atoms with Crippen molar-refractivity contribution in [3.05, 3.63) is 83.9 Å². The van der Waals surface area contributed by atoms with Gasteiger partial charge < -0.3 is 47.1 Å². The Morgan fingerprint density at radius 2 is 1.54 bits per heavy atom. The number of phenolic OH excluding ortho intramolecular Hbond substituents is 1. The third-order valence-corrected chi connectivity index (χ3v) is 10.7. The molecule has 16 heteroatoms. The highest BCUT2D eigenvalue weighted by Crippen LogP contribution is 2.21. The van der Waals surface area contributed by atoms with Crippen molar-refractivity contribution in [2.75, 3.05) is 13.1 Å². The number of carboxylic acids is 1. The molecular weight excluding hydrogens is 757 g/mol. The zero-order valence-corrected chi connectivity index (χ0v) is 34.4. The summed E-state index contributed by atoms with van der Waals surface area (Å²) < 4.78 is 0. The molecule has 0 bridgehead atoms. The molecule has 0 radical (unpaired) electrons. The molecular formula is C43H60N8O8. The third-order valence-electron chi connectivity index (χ3n) is 10.7. The second-order valence-corrected chi connectivity index (χ2v) is 15.9. The van der Waals surface area contributed by atoms with Gasteiger partial charge in [0, 0.05) is 38.2 Å². The SMILES string of the molecule is CCC(C)[C@H](NC(=O)[C@H](Cc1ccc(O)cc1)NC(=O)[C@@H](CN)CC(C)C)C(=O)N[C@@H](Cc1c[nH]cn1)C(=O)N1CCC[C@H]1C(=O)N[C@H](CC(=O)O)Cc1ccccc1. The van der Waals surface area contributed by atoms with Crippen LogP contribution in [0, 0.1) is 17.8 Å². The quantitative estimate of drug-likeness (QED) is 0.0735. The topological polar surface area (TPSA) is 249 Å². The van der Waals surface area contributed by atoms with Crippen molar-refractivity contribution in [2.45, 2.75) is 109 Å². The fourth-order valence-corrected chi connectivity index (χ4v) is 7.36. The smallest absolute Gasteiger partial charge is 0.305 e. The summed E-state index contributed by atoms with van der Waals surface area (Å²) in [7, 11) is 0. The predicted octanol–water partition coefficient (Wildman–Crippen LogP) is 2.22. The van der Waals surface area contributed by atoms with E-state index >= 15 is 0 Å². The minimum Gasteiger partial charge on any atom is -0.508 e. The molecule has 1 aliphatic rings. The molecule has 1 aromatic heterocycles. The van der Waals surface area contributed by atoms with E-state index < -0.39 is 77.6 Å². The van der Waals surface area contributed by atoms with Crippen molar-refractivity contribution in [3.8, 4) is 5.75 Å². The number of aromatic amines is 1. The number of likely N-dealkylation sites (tertiary alicyclic amines) is 1. The largest absolute Gasteiger partial charge is 0.508 e. The van der Waals surface area contributed by atoms with E-state index in [2.05, 4.69) is 31.2 Å². The molecule has 59 heavy (non-hydrogen) atoms. The normalized spacial score (nSPS) is 16.9. The predicted molar refractivity (Wildman–Crippen MR) is 220 cm³/mol. The van der Waals surface area contributed by atoms with E-state index in [1.807, 2.05) is 51.1 Å². The van der Waals surface area contributed by atoms with Gasteiger partial charge >= 0.3 is 5.97 Å². The highest BCUT2D eigenvalue weighted by Gasteiger charge is 2.40. The highest BCUT2D eigenvalue weighted by atomic mass is 16.4. The molecule has 1 fully saturated rings. The Morgan fingerprint density at radius 1 is 0.864 bits per heavy atom. The number of phenols is 1. The van der Waals surface area contributed by atoms with Crippen molar-refractivity contribution in [1.29, 1.82) is 0 Å². The Hall–Kier alpha value is -5.77. The Labute approximate surface area is 345 Å². The van der Waals surface area contributed by atoms with Crippen LogP contribution in [-0.2, 0) is 48.0 Å². The van der Waals surface area contributed by atoms with Gasteiger partial charge in [-0.3, -0.25) is 28.8 Å². The lowest BCUT2D eigenvalue weighted by Crippen LogP contribution is -2.60. The van der Waals surface area contributed by atoms with Crippen molar-refractivity contribution >= 4 is 35.5 Å². The Morgan fingerprint density at radius 3 is 2.15 bits per heavy atom. The van der Waals surface area contributed by atoms with E-state index in [4.69, 9.17) is 5.73 Å². The van der Waals surface area contributed by atoms with Crippen LogP contribution in [0.4, 0.5) is 0 Å². The second kappa shape index (κ2) is 22.4. The average Bonchev–Trinajstić information content (AvgIpc) is 3.92. The fraction of sp³-hybridized carbons (Fsp3) is 0.512. The number of carbonyl (C=O) groups is 6. The molecule has 1 unspecified atom stereocenters. The van der Waals surface area contributed by atoms with Crippen LogP contribution in [0.3, 0.4) is 0 Å². The summed E-state index contributed by atoms with van der Waals surface area (Å²) in [4.78, 5) is 90.3. The number of amides is 5. The monoisotopic (exact) mass is 816 g/mol. The number of aliphatic carboxylic acids is 1. The van der Waals surface area contributed by atoms with E-state index in [1.165, 1.54) is 23.4 Å². The molecule has 3 aromatic rings. The number of hydrogen-bond donors (Lipinski definition) is 8. The summed E-state index contributed by atoms with van der Waals surface area (Å²) in [5, 5.41) is 30.9. The Kier molecular flexibility index (Phi) is 17.4. The van der Waals surface area contributed by atoms with Crippen LogP contribution in [0.25, 0.3) is 0 Å². The minimum absolute atomic E-state index is 0.0222. The highest BCUT2D eigenvalue weighted by molar-refractivity contribution is 5.96. The Bertz CT molecular complexity index is 1840. The zero-order valence-electron chi connectivity index (χ0n) is 34.4. The van der Waals surface area contributed by atoms with Crippen LogP contribution in [0.2, 0.25) is 0 Å². The minimum atomic E-state index is -1.18. The van der Waals surface area contributed by atoms with Crippen molar-refractivity contribution in [1.82, 2.24) is 36.1 Å². The first-order valence-corrected chi connectivity index (χ1v) is 20.4. The number of H-pyrrole nitrogens is 1. The van der Waals surface area contributed by atoms with Gasteiger partial charge in [-0.1, -0.05) is 76.6 Å². The number of hydrogen-bond acceptors (Lipinski definition) is 9. The van der Waals surface area contributed by atoms with Crippen molar-refractivity contribution in [2.24, 2.45) is 23.5 Å². The maximum Gasteiger partial charge on any atom is 0.305 e. The van der Waals surface area contributed by atoms with Crippen LogP contribution < -0.4 is 27.0 Å². The molecule has 320 valence electrons. The number of rotatable bonds is 22.